The van der Waals surface area contributed by atoms with Crippen molar-refractivity contribution >= 4 is 28.5 Å². The van der Waals surface area contributed by atoms with Gasteiger partial charge in [-0.25, -0.2) is 0 Å². The fourth-order valence-electron chi connectivity index (χ4n) is 3.52. The highest BCUT2D eigenvalue weighted by atomic mass is 35.5. The lowest BCUT2D eigenvalue weighted by molar-refractivity contribution is -0.130. The number of ether oxygens (including phenoxy) is 1. The maximum atomic E-state index is 12.3. The second-order valence-electron chi connectivity index (χ2n) is 7.31. The van der Waals surface area contributed by atoms with Crippen molar-refractivity contribution in [3.63, 3.8) is 0 Å². The lowest BCUT2D eigenvalue weighted by Crippen LogP contribution is -2.31. The molecule has 0 saturated carbocycles. The lowest BCUT2D eigenvalue weighted by atomic mass is 10.1. The van der Waals surface area contributed by atoms with E-state index >= 15 is 0 Å². The van der Waals surface area contributed by atoms with Crippen molar-refractivity contribution in [2.24, 2.45) is 0 Å². The summed E-state index contributed by atoms with van der Waals surface area (Å²) in [5.74, 6) is 2.38. The third-order valence-corrected chi connectivity index (χ3v) is 5.50. The summed E-state index contributed by atoms with van der Waals surface area (Å²) in [6.07, 6.45) is 0.410. The fourth-order valence-corrected chi connectivity index (χ4v) is 3.64. The number of nitrogens with zero attached hydrogens (tertiary/aromatic N) is 1. The van der Waals surface area contributed by atoms with E-state index in [1.54, 1.807) is 12.1 Å². The van der Waals surface area contributed by atoms with Crippen molar-refractivity contribution in [3.05, 3.63) is 83.4 Å². The minimum atomic E-state index is 0.148. The molecule has 5 heteroatoms. The van der Waals surface area contributed by atoms with E-state index < -0.39 is 0 Å². The van der Waals surface area contributed by atoms with Crippen molar-refractivity contribution in [2.45, 2.75) is 20.3 Å². The summed E-state index contributed by atoms with van der Waals surface area (Å²) in [7, 11) is 0. The number of carbonyl (C=O) groups excluding carboxylic acids is 1. The zero-order chi connectivity index (χ0) is 21.8. The Labute approximate surface area is 187 Å². The van der Waals surface area contributed by atoms with Crippen molar-refractivity contribution < 1.29 is 13.9 Å². The first kappa shape index (κ1) is 21.0. The molecule has 0 unspecified atom stereocenters. The van der Waals surface area contributed by atoms with Gasteiger partial charge in [0.2, 0.25) is 5.91 Å². The van der Waals surface area contributed by atoms with Gasteiger partial charge in [0.05, 0.1) is 6.42 Å². The molecule has 1 aromatic heterocycles. The van der Waals surface area contributed by atoms with E-state index in [2.05, 4.69) is 0 Å². The fraction of sp³-hybridized carbons (Fsp3) is 0.192. The molecule has 0 saturated heterocycles. The van der Waals surface area contributed by atoms with Crippen LogP contribution >= 0.6 is 11.6 Å². The highest BCUT2D eigenvalue weighted by Crippen LogP contribution is 2.32. The van der Waals surface area contributed by atoms with E-state index in [9.17, 15) is 4.79 Å². The van der Waals surface area contributed by atoms with Crippen molar-refractivity contribution in [3.8, 4) is 22.8 Å². The predicted octanol–water partition coefficient (Wildman–Crippen LogP) is 6.96. The van der Waals surface area contributed by atoms with E-state index in [4.69, 9.17) is 20.8 Å². The largest absolute Gasteiger partial charge is 0.457 e. The smallest absolute Gasteiger partial charge is 0.226 e. The quantitative estimate of drug-likeness (QED) is 0.316. The molecular formula is C26H24ClNO3. The average Bonchev–Trinajstić information content (AvgIpc) is 3.20. The molecule has 4 rings (SSSR count). The van der Waals surface area contributed by atoms with Crippen LogP contribution in [-0.4, -0.2) is 23.9 Å². The third-order valence-electron chi connectivity index (χ3n) is 5.25. The first-order chi connectivity index (χ1) is 15.1. The lowest BCUT2D eigenvalue weighted by Gasteiger charge is -2.18. The molecule has 0 aliphatic carbocycles. The normalized spacial score (nSPS) is 10.9. The van der Waals surface area contributed by atoms with E-state index in [-0.39, 0.29) is 5.91 Å². The minimum absolute atomic E-state index is 0.148. The third kappa shape index (κ3) is 4.92. The summed E-state index contributed by atoms with van der Waals surface area (Å²) >= 11 is 5.93. The summed E-state index contributed by atoms with van der Waals surface area (Å²) in [4.78, 5) is 14.2. The van der Waals surface area contributed by atoms with Gasteiger partial charge < -0.3 is 14.1 Å². The molecule has 0 atom stereocenters. The molecule has 158 valence electrons. The van der Waals surface area contributed by atoms with Gasteiger partial charge in [0.25, 0.3) is 0 Å². The zero-order valence-corrected chi connectivity index (χ0v) is 18.4. The summed E-state index contributed by atoms with van der Waals surface area (Å²) in [5.41, 5.74) is 2.75. The molecule has 3 aromatic carbocycles. The summed E-state index contributed by atoms with van der Waals surface area (Å²) in [6, 6.07) is 23.0. The summed E-state index contributed by atoms with van der Waals surface area (Å²) in [5, 5.41) is 1.63. The van der Waals surface area contributed by atoms with E-state index in [0.717, 1.165) is 52.4 Å². The molecule has 0 radical (unpaired) electrons. The Hall–Kier alpha value is -3.24. The van der Waals surface area contributed by atoms with Crippen LogP contribution < -0.4 is 4.74 Å². The Morgan fingerprint density at radius 3 is 2.26 bits per heavy atom. The van der Waals surface area contributed by atoms with E-state index in [1.807, 2.05) is 79.4 Å². The van der Waals surface area contributed by atoms with Crippen LogP contribution in [0.25, 0.3) is 22.3 Å². The summed E-state index contributed by atoms with van der Waals surface area (Å²) in [6.45, 7) is 5.46. The Balaban J connectivity index is 1.50. The van der Waals surface area contributed by atoms with Gasteiger partial charge in [-0.2, -0.15) is 0 Å². The molecular weight excluding hydrogens is 410 g/mol. The Morgan fingerprint density at radius 1 is 0.903 bits per heavy atom. The van der Waals surface area contributed by atoms with Gasteiger partial charge in [0.1, 0.15) is 22.8 Å². The predicted molar refractivity (Wildman–Crippen MR) is 125 cm³/mol. The number of rotatable bonds is 7. The highest BCUT2D eigenvalue weighted by molar-refractivity contribution is 6.30. The number of furan rings is 1. The molecule has 1 amide bonds. The Kier molecular flexibility index (Phi) is 6.28. The second kappa shape index (κ2) is 9.27. The van der Waals surface area contributed by atoms with Gasteiger partial charge in [0.15, 0.2) is 0 Å². The van der Waals surface area contributed by atoms with Crippen LogP contribution in [0.2, 0.25) is 5.02 Å². The van der Waals surface area contributed by atoms with Gasteiger partial charge in [-0.1, -0.05) is 35.9 Å². The first-order valence-electron chi connectivity index (χ1n) is 10.4. The van der Waals surface area contributed by atoms with Crippen molar-refractivity contribution in [2.75, 3.05) is 13.1 Å². The molecule has 0 aliphatic heterocycles. The van der Waals surface area contributed by atoms with Crippen LogP contribution in [0.1, 0.15) is 19.4 Å². The van der Waals surface area contributed by atoms with Crippen LogP contribution in [0.5, 0.6) is 11.5 Å². The van der Waals surface area contributed by atoms with Crippen LogP contribution in [0.3, 0.4) is 0 Å². The van der Waals surface area contributed by atoms with Crippen molar-refractivity contribution in [1.29, 1.82) is 0 Å². The Bertz CT molecular complexity index is 1180. The number of hydrogen-bond donors (Lipinski definition) is 0. The van der Waals surface area contributed by atoms with Crippen LogP contribution in [0, 0.1) is 0 Å². The second-order valence-corrected chi connectivity index (χ2v) is 7.74. The molecule has 0 spiro atoms. The van der Waals surface area contributed by atoms with Gasteiger partial charge >= 0.3 is 0 Å². The zero-order valence-electron chi connectivity index (χ0n) is 17.6. The monoisotopic (exact) mass is 433 g/mol. The average molecular weight is 434 g/mol. The molecule has 0 bridgehead atoms. The first-order valence-corrected chi connectivity index (χ1v) is 10.8. The number of halogens is 1. The maximum absolute atomic E-state index is 12.3. The molecule has 4 nitrogen and oxygen atoms in total. The maximum Gasteiger partial charge on any atom is 0.226 e. The van der Waals surface area contributed by atoms with Gasteiger partial charge in [-0.3, -0.25) is 4.79 Å². The molecule has 0 fully saturated rings. The number of likely N-dealkylation sites (N-methyl/N-ethyl adjacent to an activating group) is 1. The topological polar surface area (TPSA) is 42.7 Å². The number of fused-ring (bicyclic) bond motifs is 1. The highest BCUT2D eigenvalue weighted by Gasteiger charge is 2.12. The van der Waals surface area contributed by atoms with Crippen LogP contribution in [0.4, 0.5) is 0 Å². The molecule has 0 aliphatic rings. The van der Waals surface area contributed by atoms with E-state index in [0.29, 0.717) is 11.4 Å². The van der Waals surface area contributed by atoms with Gasteiger partial charge in [-0.15, -0.1) is 0 Å². The number of hydrogen-bond acceptors (Lipinski definition) is 3. The van der Waals surface area contributed by atoms with E-state index in [1.165, 1.54) is 0 Å². The number of carbonyl (C=O) groups is 1. The SMILES string of the molecule is CCN(CC)C(=O)Cc1ccc(-c2cc3cc(Oc4ccc(Cl)cc4)ccc3o2)cc1. The molecule has 4 aromatic rings. The molecule has 31 heavy (non-hydrogen) atoms. The van der Waals surface area contributed by atoms with Gasteiger partial charge in [-0.05, 0) is 67.9 Å². The summed E-state index contributed by atoms with van der Waals surface area (Å²) < 4.78 is 11.9. The van der Waals surface area contributed by atoms with Crippen LogP contribution in [0.15, 0.2) is 77.2 Å². The minimum Gasteiger partial charge on any atom is -0.457 e. The Morgan fingerprint density at radius 2 is 1.58 bits per heavy atom. The van der Waals surface area contributed by atoms with Crippen molar-refractivity contribution in [1.82, 2.24) is 4.90 Å². The van der Waals surface area contributed by atoms with Crippen LogP contribution in [-0.2, 0) is 11.2 Å². The standard InChI is InChI=1S/C26H24ClNO3/c1-3-28(4-2)26(29)15-18-5-7-19(8-6-18)25-17-20-16-23(13-14-24(20)31-25)30-22-11-9-21(27)10-12-22/h5-14,16-17H,3-4,15H2,1-2H3. The van der Waals surface area contributed by atoms with Gasteiger partial charge in [0, 0.05) is 29.1 Å². The number of amides is 1. The molecule has 1 heterocycles. The number of benzene rings is 3. The molecule has 0 N–H and O–H groups in total.